The zero-order valence-corrected chi connectivity index (χ0v) is 10.9. The standard InChI is InChI=1S/C12H22N2O3/c1-4-12(5-2)10(15)13-11(16)14(12)8-7-9-17-6-3/h4-9H2,1-3H3,(H,13,15,16). The Morgan fingerprint density at radius 1 is 1.24 bits per heavy atom. The molecule has 1 aliphatic heterocycles. The van der Waals surface area contributed by atoms with Gasteiger partial charge in [0.15, 0.2) is 0 Å². The van der Waals surface area contributed by atoms with Crippen LogP contribution in [0.2, 0.25) is 0 Å². The molecule has 1 N–H and O–H groups in total. The highest BCUT2D eigenvalue weighted by Gasteiger charge is 2.49. The van der Waals surface area contributed by atoms with E-state index in [1.54, 1.807) is 4.90 Å². The van der Waals surface area contributed by atoms with Gasteiger partial charge in [-0.3, -0.25) is 10.1 Å². The summed E-state index contributed by atoms with van der Waals surface area (Å²) in [6.45, 7) is 7.69. The number of carbonyl (C=O) groups is 2. The smallest absolute Gasteiger partial charge is 0.325 e. The molecule has 0 aromatic carbocycles. The summed E-state index contributed by atoms with van der Waals surface area (Å²) in [5, 5.41) is 2.41. The van der Waals surface area contributed by atoms with Gasteiger partial charge in [0.25, 0.3) is 5.91 Å². The van der Waals surface area contributed by atoms with E-state index in [1.165, 1.54) is 0 Å². The first-order valence-electron chi connectivity index (χ1n) is 6.33. The number of ether oxygens (including phenoxy) is 1. The van der Waals surface area contributed by atoms with Crippen LogP contribution in [0.5, 0.6) is 0 Å². The number of amides is 3. The molecule has 1 heterocycles. The fourth-order valence-corrected chi connectivity index (χ4v) is 2.34. The van der Waals surface area contributed by atoms with Crippen LogP contribution in [0.25, 0.3) is 0 Å². The second-order valence-electron chi connectivity index (χ2n) is 4.20. The van der Waals surface area contributed by atoms with E-state index < -0.39 is 5.54 Å². The number of nitrogens with one attached hydrogen (secondary N) is 1. The lowest BCUT2D eigenvalue weighted by Crippen LogP contribution is -2.49. The van der Waals surface area contributed by atoms with Gasteiger partial charge in [0.1, 0.15) is 5.54 Å². The molecule has 98 valence electrons. The van der Waals surface area contributed by atoms with E-state index in [2.05, 4.69) is 5.32 Å². The lowest BCUT2D eigenvalue weighted by atomic mass is 9.91. The Hall–Kier alpha value is -1.10. The predicted octanol–water partition coefficient (Wildman–Crippen LogP) is 1.52. The van der Waals surface area contributed by atoms with Crippen molar-refractivity contribution in [2.45, 2.75) is 45.6 Å². The average Bonchev–Trinajstić information content (AvgIpc) is 2.56. The van der Waals surface area contributed by atoms with Crippen molar-refractivity contribution in [2.24, 2.45) is 0 Å². The van der Waals surface area contributed by atoms with Gasteiger partial charge in [-0.05, 0) is 26.2 Å². The maximum Gasteiger partial charge on any atom is 0.325 e. The van der Waals surface area contributed by atoms with Gasteiger partial charge in [-0.15, -0.1) is 0 Å². The van der Waals surface area contributed by atoms with E-state index in [9.17, 15) is 9.59 Å². The third-order valence-electron chi connectivity index (χ3n) is 3.45. The van der Waals surface area contributed by atoms with Gasteiger partial charge in [0.2, 0.25) is 0 Å². The van der Waals surface area contributed by atoms with Crippen molar-refractivity contribution in [1.29, 1.82) is 0 Å². The molecule has 1 aliphatic rings. The fourth-order valence-electron chi connectivity index (χ4n) is 2.34. The molecule has 0 radical (unpaired) electrons. The van der Waals surface area contributed by atoms with Gasteiger partial charge < -0.3 is 9.64 Å². The van der Waals surface area contributed by atoms with Crippen molar-refractivity contribution in [3.05, 3.63) is 0 Å². The SMILES string of the molecule is CCOCCCN1C(=O)NC(=O)C1(CC)CC. The van der Waals surface area contributed by atoms with Crippen LogP contribution >= 0.6 is 0 Å². The molecular formula is C12H22N2O3. The molecule has 17 heavy (non-hydrogen) atoms. The Balaban J connectivity index is 2.66. The molecule has 0 unspecified atom stereocenters. The topological polar surface area (TPSA) is 58.6 Å². The molecule has 0 aliphatic carbocycles. The zero-order chi connectivity index (χ0) is 12.9. The Morgan fingerprint density at radius 3 is 2.41 bits per heavy atom. The summed E-state index contributed by atoms with van der Waals surface area (Å²) in [6.07, 6.45) is 2.06. The molecule has 1 saturated heterocycles. The van der Waals surface area contributed by atoms with Crippen molar-refractivity contribution in [1.82, 2.24) is 10.2 Å². The molecular weight excluding hydrogens is 220 g/mol. The summed E-state index contributed by atoms with van der Waals surface area (Å²) < 4.78 is 5.25. The fraction of sp³-hybridized carbons (Fsp3) is 0.833. The van der Waals surface area contributed by atoms with E-state index >= 15 is 0 Å². The second-order valence-corrected chi connectivity index (χ2v) is 4.20. The Bertz CT molecular complexity index is 287. The van der Waals surface area contributed by atoms with Crippen LogP contribution < -0.4 is 5.32 Å². The summed E-state index contributed by atoms with van der Waals surface area (Å²) in [5.74, 6) is -0.163. The van der Waals surface area contributed by atoms with Crippen molar-refractivity contribution >= 4 is 11.9 Å². The molecule has 3 amide bonds. The minimum Gasteiger partial charge on any atom is -0.382 e. The van der Waals surface area contributed by atoms with Gasteiger partial charge in [-0.2, -0.15) is 0 Å². The van der Waals surface area contributed by atoms with Crippen LogP contribution in [0.1, 0.15) is 40.0 Å². The lowest BCUT2D eigenvalue weighted by molar-refractivity contribution is -0.127. The molecule has 0 saturated carbocycles. The van der Waals surface area contributed by atoms with E-state index in [0.717, 1.165) is 6.42 Å². The number of carbonyl (C=O) groups excluding carboxylic acids is 2. The van der Waals surface area contributed by atoms with Crippen LogP contribution in [0.15, 0.2) is 0 Å². The Labute approximate surface area is 102 Å². The van der Waals surface area contributed by atoms with Crippen molar-refractivity contribution in [3.8, 4) is 0 Å². The van der Waals surface area contributed by atoms with Crippen molar-refractivity contribution in [2.75, 3.05) is 19.8 Å². The maximum atomic E-state index is 11.9. The highest BCUT2D eigenvalue weighted by Crippen LogP contribution is 2.29. The van der Waals surface area contributed by atoms with E-state index in [-0.39, 0.29) is 11.9 Å². The van der Waals surface area contributed by atoms with Gasteiger partial charge in [-0.25, -0.2) is 4.79 Å². The normalized spacial score (nSPS) is 18.6. The number of urea groups is 1. The van der Waals surface area contributed by atoms with E-state index in [0.29, 0.717) is 32.6 Å². The largest absolute Gasteiger partial charge is 0.382 e. The quantitative estimate of drug-likeness (QED) is 0.544. The minimum absolute atomic E-state index is 0.163. The molecule has 0 aromatic rings. The van der Waals surface area contributed by atoms with Crippen LogP contribution in [0, 0.1) is 0 Å². The molecule has 0 aromatic heterocycles. The molecule has 0 atom stereocenters. The molecule has 0 spiro atoms. The summed E-state index contributed by atoms with van der Waals surface area (Å²) in [5.41, 5.74) is -0.650. The Morgan fingerprint density at radius 2 is 1.88 bits per heavy atom. The maximum absolute atomic E-state index is 11.9. The molecule has 0 bridgehead atoms. The highest BCUT2D eigenvalue weighted by atomic mass is 16.5. The average molecular weight is 242 g/mol. The first kappa shape index (κ1) is 14.0. The third-order valence-corrected chi connectivity index (χ3v) is 3.45. The minimum atomic E-state index is -0.650. The number of hydrogen-bond acceptors (Lipinski definition) is 3. The highest BCUT2D eigenvalue weighted by molar-refractivity contribution is 6.06. The van der Waals surface area contributed by atoms with Crippen molar-refractivity contribution < 1.29 is 14.3 Å². The Kier molecular flexibility index (Phi) is 4.93. The summed E-state index contributed by atoms with van der Waals surface area (Å²) in [6, 6.07) is -0.268. The molecule has 5 nitrogen and oxygen atoms in total. The van der Waals surface area contributed by atoms with Gasteiger partial charge in [-0.1, -0.05) is 13.8 Å². The number of imide groups is 1. The lowest BCUT2D eigenvalue weighted by Gasteiger charge is -2.33. The van der Waals surface area contributed by atoms with Gasteiger partial charge in [0.05, 0.1) is 0 Å². The van der Waals surface area contributed by atoms with Crippen molar-refractivity contribution in [3.63, 3.8) is 0 Å². The summed E-state index contributed by atoms with van der Waals surface area (Å²) >= 11 is 0. The number of rotatable bonds is 7. The van der Waals surface area contributed by atoms with E-state index in [4.69, 9.17) is 4.74 Å². The monoisotopic (exact) mass is 242 g/mol. The third kappa shape index (κ3) is 2.60. The molecule has 1 fully saturated rings. The van der Waals surface area contributed by atoms with Crippen LogP contribution in [0.3, 0.4) is 0 Å². The second kappa shape index (κ2) is 6.00. The zero-order valence-electron chi connectivity index (χ0n) is 10.9. The number of hydrogen-bond donors (Lipinski definition) is 1. The molecule has 5 heteroatoms. The predicted molar refractivity (Wildman–Crippen MR) is 64.7 cm³/mol. The van der Waals surface area contributed by atoms with Crippen LogP contribution in [-0.2, 0) is 9.53 Å². The first-order valence-corrected chi connectivity index (χ1v) is 6.33. The van der Waals surface area contributed by atoms with Crippen LogP contribution in [0.4, 0.5) is 4.79 Å². The molecule has 1 rings (SSSR count). The van der Waals surface area contributed by atoms with Crippen LogP contribution in [-0.4, -0.2) is 42.1 Å². The summed E-state index contributed by atoms with van der Waals surface area (Å²) in [4.78, 5) is 25.3. The first-order chi connectivity index (χ1) is 8.12. The van der Waals surface area contributed by atoms with E-state index in [1.807, 2.05) is 20.8 Å². The van der Waals surface area contributed by atoms with Gasteiger partial charge in [0, 0.05) is 19.8 Å². The summed E-state index contributed by atoms with van der Waals surface area (Å²) in [7, 11) is 0. The number of nitrogens with zero attached hydrogens (tertiary/aromatic N) is 1. The van der Waals surface area contributed by atoms with Gasteiger partial charge >= 0.3 is 6.03 Å².